The van der Waals surface area contributed by atoms with Crippen LogP contribution in [-0.2, 0) is 14.4 Å². The molecule has 0 unspecified atom stereocenters. The maximum absolute atomic E-state index is 12.5. The van der Waals surface area contributed by atoms with Gasteiger partial charge in [-0.25, -0.2) is 0 Å². The molecule has 0 aromatic rings. The summed E-state index contributed by atoms with van der Waals surface area (Å²) in [6, 6.07) is -0.658. The van der Waals surface area contributed by atoms with Gasteiger partial charge in [0.25, 0.3) is 0 Å². The standard InChI is InChI=1S/C28H53N3O3/c1-4-7-10-11-12-13-14-15-16-17-18-19-20-27(33)31-25(28(34)30-24-9-6-3)21-22-26(32)29-23-8-5-2/h16-17,25H,4-15,18-24H2,1-3H3,(H,29,32)(H,30,34)(H,31,33)/b17-16+/t25-/m0/s1. The Morgan fingerprint density at radius 3 is 1.82 bits per heavy atom. The molecule has 0 fully saturated rings. The molecule has 3 N–H and O–H groups in total. The number of carbonyl (C=O) groups excluding carboxylic acids is 3. The molecule has 0 aromatic carbocycles. The van der Waals surface area contributed by atoms with E-state index in [0.29, 0.717) is 25.9 Å². The van der Waals surface area contributed by atoms with Gasteiger partial charge in [0.1, 0.15) is 6.04 Å². The van der Waals surface area contributed by atoms with Crippen LogP contribution in [0.2, 0.25) is 0 Å². The van der Waals surface area contributed by atoms with Crippen molar-refractivity contribution in [3.63, 3.8) is 0 Å². The fourth-order valence-corrected chi connectivity index (χ4v) is 3.65. The Morgan fingerprint density at radius 1 is 0.618 bits per heavy atom. The maximum Gasteiger partial charge on any atom is 0.242 e. The normalized spacial score (nSPS) is 12.0. The lowest BCUT2D eigenvalue weighted by atomic mass is 10.1. The predicted octanol–water partition coefficient (Wildman–Crippen LogP) is 5.95. The zero-order valence-corrected chi connectivity index (χ0v) is 22.4. The molecule has 3 amide bonds. The van der Waals surface area contributed by atoms with Crippen LogP contribution in [0, 0.1) is 0 Å². The Hall–Kier alpha value is -1.85. The molecular weight excluding hydrogens is 426 g/mol. The number of carbonyl (C=O) groups is 3. The number of nitrogens with one attached hydrogen (secondary N) is 3. The minimum atomic E-state index is -0.658. The molecule has 0 heterocycles. The maximum atomic E-state index is 12.5. The van der Waals surface area contributed by atoms with Crippen molar-refractivity contribution in [3.05, 3.63) is 12.2 Å². The molecule has 198 valence electrons. The number of unbranched alkanes of at least 4 members (excludes halogenated alkanes) is 10. The Labute approximate surface area is 209 Å². The van der Waals surface area contributed by atoms with Crippen LogP contribution in [-0.4, -0.2) is 36.9 Å². The van der Waals surface area contributed by atoms with Gasteiger partial charge in [0.05, 0.1) is 0 Å². The minimum Gasteiger partial charge on any atom is -0.356 e. The third kappa shape index (κ3) is 20.7. The lowest BCUT2D eigenvalue weighted by molar-refractivity contribution is -0.129. The molecule has 0 radical (unpaired) electrons. The fourth-order valence-electron chi connectivity index (χ4n) is 3.65. The second kappa shape index (κ2) is 24.3. The van der Waals surface area contributed by atoms with Crippen LogP contribution in [0.4, 0.5) is 0 Å². The van der Waals surface area contributed by atoms with Gasteiger partial charge in [-0.3, -0.25) is 14.4 Å². The third-order valence-electron chi connectivity index (χ3n) is 5.91. The molecule has 0 spiro atoms. The summed E-state index contributed by atoms with van der Waals surface area (Å²) < 4.78 is 0. The van der Waals surface area contributed by atoms with E-state index in [1.807, 2.05) is 0 Å². The first-order valence-electron chi connectivity index (χ1n) is 14.0. The van der Waals surface area contributed by atoms with Gasteiger partial charge >= 0.3 is 0 Å². The van der Waals surface area contributed by atoms with E-state index in [0.717, 1.165) is 44.9 Å². The Morgan fingerprint density at radius 2 is 1.18 bits per heavy atom. The average Bonchev–Trinajstić information content (AvgIpc) is 2.82. The summed E-state index contributed by atoms with van der Waals surface area (Å²) in [7, 11) is 0. The van der Waals surface area contributed by atoms with E-state index >= 15 is 0 Å². The van der Waals surface area contributed by atoms with Crippen molar-refractivity contribution in [3.8, 4) is 0 Å². The van der Waals surface area contributed by atoms with Crippen LogP contribution in [0.1, 0.15) is 130 Å². The zero-order chi connectivity index (χ0) is 25.3. The molecular formula is C28H53N3O3. The van der Waals surface area contributed by atoms with Gasteiger partial charge in [-0.05, 0) is 44.9 Å². The van der Waals surface area contributed by atoms with Crippen molar-refractivity contribution in [1.82, 2.24) is 16.0 Å². The summed E-state index contributed by atoms with van der Waals surface area (Å²) in [4.78, 5) is 37.0. The minimum absolute atomic E-state index is 0.0693. The second-order valence-corrected chi connectivity index (χ2v) is 9.28. The van der Waals surface area contributed by atoms with Crippen molar-refractivity contribution in [2.24, 2.45) is 0 Å². The van der Waals surface area contributed by atoms with Gasteiger partial charge in [0.15, 0.2) is 0 Å². The lowest BCUT2D eigenvalue weighted by Gasteiger charge is -2.18. The highest BCUT2D eigenvalue weighted by molar-refractivity contribution is 5.88. The summed E-state index contributed by atoms with van der Waals surface area (Å²) in [5.41, 5.74) is 0. The summed E-state index contributed by atoms with van der Waals surface area (Å²) in [5.74, 6) is -0.389. The first kappa shape index (κ1) is 32.1. The molecule has 0 aliphatic rings. The van der Waals surface area contributed by atoms with Crippen LogP contribution in [0.5, 0.6) is 0 Å². The largest absolute Gasteiger partial charge is 0.356 e. The highest BCUT2D eigenvalue weighted by atomic mass is 16.2. The number of allylic oxidation sites excluding steroid dienone is 2. The van der Waals surface area contributed by atoms with Crippen molar-refractivity contribution in [2.75, 3.05) is 13.1 Å². The lowest BCUT2D eigenvalue weighted by Crippen LogP contribution is -2.47. The molecule has 0 saturated carbocycles. The zero-order valence-electron chi connectivity index (χ0n) is 22.4. The molecule has 1 atom stereocenters. The monoisotopic (exact) mass is 479 g/mol. The highest BCUT2D eigenvalue weighted by Crippen LogP contribution is 2.09. The number of hydrogen-bond acceptors (Lipinski definition) is 3. The Bertz CT molecular complexity index is 549. The van der Waals surface area contributed by atoms with Gasteiger partial charge in [0, 0.05) is 25.9 Å². The smallest absolute Gasteiger partial charge is 0.242 e. The predicted molar refractivity (Wildman–Crippen MR) is 143 cm³/mol. The molecule has 0 saturated heterocycles. The van der Waals surface area contributed by atoms with E-state index in [-0.39, 0.29) is 24.1 Å². The van der Waals surface area contributed by atoms with E-state index in [2.05, 4.69) is 48.9 Å². The summed E-state index contributed by atoms with van der Waals surface area (Å²) >= 11 is 0. The van der Waals surface area contributed by atoms with Crippen LogP contribution < -0.4 is 16.0 Å². The quantitative estimate of drug-likeness (QED) is 0.125. The third-order valence-corrected chi connectivity index (χ3v) is 5.91. The van der Waals surface area contributed by atoms with E-state index in [1.165, 1.54) is 44.9 Å². The van der Waals surface area contributed by atoms with Gasteiger partial charge in [-0.2, -0.15) is 0 Å². The van der Waals surface area contributed by atoms with E-state index in [9.17, 15) is 14.4 Å². The Kier molecular flexibility index (Phi) is 23.0. The van der Waals surface area contributed by atoms with Crippen LogP contribution >= 0.6 is 0 Å². The van der Waals surface area contributed by atoms with Crippen LogP contribution in [0.25, 0.3) is 0 Å². The number of rotatable bonds is 23. The summed E-state index contributed by atoms with van der Waals surface area (Å²) in [6.07, 6.45) is 21.2. The second-order valence-electron chi connectivity index (χ2n) is 9.28. The summed E-state index contributed by atoms with van der Waals surface area (Å²) in [6.45, 7) is 7.63. The van der Waals surface area contributed by atoms with Crippen molar-refractivity contribution >= 4 is 17.7 Å². The van der Waals surface area contributed by atoms with Crippen LogP contribution in [0.15, 0.2) is 12.2 Å². The average molecular weight is 480 g/mol. The Balaban J connectivity index is 4.19. The topological polar surface area (TPSA) is 87.3 Å². The number of hydrogen-bond donors (Lipinski definition) is 3. The SMILES string of the molecule is CCCCCCCCC/C=C/CCCC(=O)N[C@@H](CCC(=O)NCCCC)C(=O)NCCCC. The molecule has 34 heavy (non-hydrogen) atoms. The van der Waals surface area contributed by atoms with Gasteiger partial charge in [0.2, 0.25) is 17.7 Å². The van der Waals surface area contributed by atoms with Crippen molar-refractivity contribution < 1.29 is 14.4 Å². The molecule has 6 heteroatoms. The summed E-state index contributed by atoms with van der Waals surface area (Å²) in [5, 5.41) is 8.60. The molecule has 0 aliphatic heterocycles. The molecule has 0 bridgehead atoms. The van der Waals surface area contributed by atoms with Crippen molar-refractivity contribution in [2.45, 2.75) is 136 Å². The fraction of sp³-hybridized carbons (Fsp3) is 0.821. The highest BCUT2D eigenvalue weighted by Gasteiger charge is 2.21. The molecule has 0 aromatic heterocycles. The first-order chi connectivity index (χ1) is 16.5. The molecule has 0 rings (SSSR count). The van der Waals surface area contributed by atoms with Gasteiger partial charge in [-0.1, -0.05) is 84.3 Å². The van der Waals surface area contributed by atoms with E-state index < -0.39 is 6.04 Å². The molecule has 6 nitrogen and oxygen atoms in total. The van der Waals surface area contributed by atoms with Gasteiger partial charge in [-0.15, -0.1) is 0 Å². The van der Waals surface area contributed by atoms with E-state index in [1.54, 1.807) is 0 Å². The van der Waals surface area contributed by atoms with Crippen LogP contribution in [0.3, 0.4) is 0 Å². The first-order valence-corrected chi connectivity index (χ1v) is 14.0. The molecule has 0 aliphatic carbocycles. The van der Waals surface area contributed by atoms with E-state index in [4.69, 9.17) is 0 Å². The van der Waals surface area contributed by atoms with Gasteiger partial charge < -0.3 is 16.0 Å². The van der Waals surface area contributed by atoms with Crippen molar-refractivity contribution in [1.29, 1.82) is 0 Å². The number of amides is 3.